The maximum atomic E-state index is 10.1. The van der Waals surface area contributed by atoms with E-state index < -0.39 is 0 Å². The minimum atomic E-state index is 0.427. The first kappa shape index (κ1) is 27.5. The molecule has 3 nitrogen and oxygen atoms in total. The topological polar surface area (TPSA) is 56.8 Å². The molecule has 0 aromatic heterocycles. The van der Waals surface area contributed by atoms with E-state index >= 15 is 0 Å². The molecule has 0 bridgehead atoms. The van der Waals surface area contributed by atoms with Crippen LogP contribution in [0, 0.1) is 28.6 Å². The second-order valence-electron chi connectivity index (χ2n) is 10.7. The van der Waals surface area contributed by atoms with Gasteiger partial charge in [0.05, 0.1) is 17.7 Å². The van der Waals surface area contributed by atoms with Crippen LogP contribution in [-0.2, 0) is 0 Å². The number of hydrogen-bond acceptors (Lipinski definition) is 3. The monoisotopic (exact) mass is 504 g/mol. The Hall–Kier alpha value is -3.56. The van der Waals surface area contributed by atoms with E-state index in [4.69, 9.17) is 4.74 Å². The predicted octanol–water partition coefficient (Wildman–Crippen LogP) is 9.80. The molecule has 1 fully saturated rings. The van der Waals surface area contributed by atoms with Crippen LogP contribution in [0.3, 0.4) is 0 Å². The summed E-state index contributed by atoms with van der Waals surface area (Å²) in [6.45, 7) is 5.20. The van der Waals surface area contributed by atoms with E-state index in [2.05, 4.69) is 50.3 Å². The van der Waals surface area contributed by atoms with Gasteiger partial charge in [0, 0.05) is 11.1 Å². The van der Waals surface area contributed by atoms with E-state index in [1.807, 2.05) is 36.4 Å². The third kappa shape index (κ3) is 6.65. The molecular weight excluding hydrogens is 464 g/mol. The summed E-state index contributed by atoms with van der Waals surface area (Å²) in [6, 6.07) is 25.1. The Morgan fingerprint density at radius 2 is 1.26 bits per heavy atom. The van der Waals surface area contributed by atoms with Gasteiger partial charge >= 0.3 is 0 Å². The average Bonchev–Trinajstić information content (AvgIpc) is 2.97. The van der Waals surface area contributed by atoms with Gasteiger partial charge in [-0.1, -0.05) is 94.5 Å². The van der Waals surface area contributed by atoms with Crippen LogP contribution >= 0.6 is 0 Å². The summed E-state index contributed by atoms with van der Waals surface area (Å²) in [5.41, 5.74) is 5.76. The molecule has 0 N–H and O–H groups in total. The molecule has 0 atom stereocenters. The van der Waals surface area contributed by atoms with Gasteiger partial charge in [0.2, 0.25) is 0 Å². The molecule has 0 unspecified atom stereocenters. The van der Waals surface area contributed by atoms with Crippen molar-refractivity contribution >= 4 is 0 Å². The Morgan fingerprint density at radius 3 is 1.79 bits per heavy atom. The summed E-state index contributed by atoms with van der Waals surface area (Å²) in [6.07, 6.45) is 12.5. The zero-order valence-corrected chi connectivity index (χ0v) is 23.0. The number of ether oxygens (including phenoxy) is 1. The van der Waals surface area contributed by atoms with Crippen LogP contribution in [0.25, 0.3) is 22.3 Å². The quantitative estimate of drug-likeness (QED) is 0.244. The van der Waals surface area contributed by atoms with Gasteiger partial charge in [-0.2, -0.15) is 10.5 Å². The SMILES string of the molecule is CCCCCCOc1ccc(-c2ccc(-c3ccc(C4CCC(CCC)CC4)cc3)c(C#N)c2C#N)cc1. The van der Waals surface area contributed by atoms with E-state index in [-0.39, 0.29) is 0 Å². The minimum absolute atomic E-state index is 0.427. The van der Waals surface area contributed by atoms with Gasteiger partial charge in [-0.05, 0) is 72.8 Å². The highest BCUT2D eigenvalue weighted by atomic mass is 16.5. The van der Waals surface area contributed by atoms with E-state index in [0.29, 0.717) is 17.0 Å². The van der Waals surface area contributed by atoms with Crippen molar-refractivity contribution < 1.29 is 4.74 Å². The highest BCUT2D eigenvalue weighted by Crippen LogP contribution is 2.39. The molecular formula is C35H40N2O. The van der Waals surface area contributed by atoms with Gasteiger partial charge < -0.3 is 4.74 Å². The van der Waals surface area contributed by atoms with Gasteiger partial charge in [-0.25, -0.2) is 0 Å². The van der Waals surface area contributed by atoms with Crippen molar-refractivity contribution in [3.8, 4) is 40.1 Å². The summed E-state index contributed by atoms with van der Waals surface area (Å²) in [4.78, 5) is 0. The first-order valence-electron chi connectivity index (χ1n) is 14.5. The highest BCUT2D eigenvalue weighted by Gasteiger charge is 2.22. The van der Waals surface area contributed by atoms with Crippen molar-refractivity contribution in [1.29, 1.82) is 10.5 Å². The number of rotatable bonds is 11. The molecule has 4 rings (SSSR count). The number of unbranched alkanes of at least 4 members (excludes halogenated alkanes) is 3. The molecule has 1 aliphatic rings. The fraction of sp³-hybridized carbons (Fsp3) is 0.429. The molecule has 0 heterocycles. The van der Waals surface area contributed by atoms with Gasteiger partial charge in [-0.15, -0.1) is 0 Å². The molecule has 0 saturated heterocycles. The third-order valence-electron chi connectivity index (χ3n) is 8.10. The Bertz CT molecular complexity index is 1250. The van der Waals surface area contributed by atoms with E-state index in [9.17, 15) is 10.5 Å². The summed E-state index contributed by atoms with van der Waals surface area (Å²) >= 11 is 0. The fourth-order valence-corrected chi connectivity index (χ4v) is 5.89. The Morgan fingerprint density at radius 1 is 0.684 bits per heavy atom. The lowest BCUT2D eigenvalue weighted by atomic mass is 9.77. The van der Waals surface area contributed by atoms with Crippen LogP contribution in [0.4, 0.5) is 0 Å². The average molecular weight is 505 g/mol. The van der Waals surface area contributed by atoms with Crippen LogP contribution < -0.4 is 4.74 Å². The van der Waals surface area contributed by atoms with Crippen LogP contribution in [-0.4, -0.2) is 6.61 Å². The van der Waals surface area contributed by atoms with E-state index in [1.165, 1.54) is 63.4 Å². The van der Waals surface area contributed by atoms with Crippen LogP contribution in [0.15, 0.2) is 60.7 Å². The molecule has 1 saturated carbocycles. The Labute approximate surface area is 229 Å². The predicted molar refractivity (Wildman–Crippen MR) is 156 cm³/mol. The molecule has 1 aliphatic carbocycles. The third-order valence-corrected chi connectivity index (χ3v) is 8.10. The number of nitriles is 2. The summed E-state index contributed by atoms with van der Waals surface area (Å²) in [5.74, 6) is 2.36. The number of hydrogen-bond donors (Lipinski definition) is 0. The molecule has 38 heavy (non-hydrogen) atoms. The van der Waals surface area contributed by atoms with Crippen molar-refractivity contribution in [2.75, 3.05) is 6.61 Å². The molecule has 3 heteroatoms. The molecule has 3 aromatic carbocycles. The normalized spacial score (nSPS) is 16.9. The minimum Gasteiger partial charge on any atom is -0.494 e. The summed E-state index contributed by atoms with van der Waals surface area (Å²) in [7, 11) is 0. The maximum Gasteiger partial charge on any atom is 0.119 e. The highest BCUT2D eigenvalue weighted by molar-refractivity contribution is 5.82. The molecule has 3 aromatic rings. The molecule has 0 aliphatic heterocycles. The first-order chi connectivity index (χ1) is 18.7. The largest absolute Gasteiger partial charge is 0.494 e. The molecule has 0 spiro atoms. The van der Waals surface area contributed by atoms with Crippen LogP contribution in [0.5, 0.6) is 5.75 Å². The standard InChI is InChI=1S/C35H40N2O/c1-3-5-6-7-23-38-31-19-17-30(18-20-31)33-22-21-32(34(24-36)35(33)25-37)29-15-13-28(14-16-29)27-11-9-26(8-4-2)10-12-27/h13-22,26-27H,3-12,23H2,1-2H3. The Balaban J connectivity index is 1.50. The number of nitrogens with zero attached hydrogens (tertiary/aromatic N) is 2. The van der Waals surface area contributed by atoms with Crippen molar-refractivity contribution in [2.24, 2.45) is 5.92 Å². The van der Waals surface area contributed by atoms with Crippen molar-refractivity contribution in [2.45, 2.75) is 84.0 Å². The smallest absolute Gasteiger partial charge is 0.119 e. The lowest BCUT2D eigenvalue weighted by Crippen LogP contribution is -2.13. The summed E-state index contributed by atoms with van der Waals surface area (Å²) < 4.78 is 5.87. The van der Waals surface area contributed by atoms with Crippen LogP contribution in [0.1, 0.15) is 101 Å². The zero-order valence-electron chi connectivity index (χ0n) is 23.0. The van der Waals surface area contributed by atoms with E-state index in [1.54, 1.807) is 0 Å². The summed E-state index contributed by atoms with van der Waals surface area (Å²) in [5, 5.41) is 20.1. The molecule has 0 radical (unpaired) electrons. The zero-order chi connectivity index (χ0) is 26.7. The second-order valence-corrected chi connectivity index (χ2v) is 10.7. The first-order valence-corrected chi connectivity index (χ1v) is 14.5. The Kier molecular flexibility index (Phi) is 10.0. The molecule has 196 valence electrons. The second kappa shape index (κ2) is 13.8. The van der Waals surface area contributed by atoms with E-state index in [0.717, 1.165) is 46.9 Å². The van der Waals surface area contributed by atoms with Gasteiger partial charge in [0.25, 0.3) is 0 Å². The maximum absolute atomic E-state index is 10.1. The van der Waals surface area contributed by atoms with Crippen molar-refractivity contribution in [1.82, 2.24) is 0 Å². The van der Waals surface area contributed by atoms with Crippen molar-refractivity contribution in [3.05, 3.63) is 77.4 Å². The van der Waals surface area contributed by atoms with Gasteiger partial charge in [-0.3, -0.25) is 0 Å². The molecule has 0 amide bonds. The fourth-order valence-electron chi connectivity index (χ4n) is 5.89. The lowest BCUT2D eigenvalue weighted by molar-refractivity contribution is 0.305. The van der Waals surface area contributed by atoms with Crippen molar-refractivity contribution in [3.63, 3.8) is 0 Å². The number of benzene rings is 3. The lowest BCUT2D eigenvalue weighted by Gasteiger charge is -2.28. The van der Waals surface area contributed by atoms with Crippen LogP contribution in [0.2, 0.25) is 0 Å². The van der Waals surface area contributed by atoms with Gasteiger partial charge in [0.15, 0.2) is 0 Å². The van der Waals surface area contributed by atoms with Gasteiger partial charge in [0.1, 0.15) is 17.9 Å².